The second-order valence-corrected chi connectivity index (χ2v) is 5.07. The van der Waals surface area contributed by atoms with Crippen molar-refractivity contribution in [2.24, 2.45) is 11.7 Å². The molecular formula is C15H20FN3O. The quantitative estimate of drug-likeness (QED) is 0.839. The van der Waals surface area contributed by atoms with Gasteiger partial charge in [0, 0.05) is 12.0 Å². The van der Waals surface area contributed by atoms with Gasteiger partial charge in [0.15, 0.2) is 0 Å². The third-order valence-corrected chi connectivity index (χ3v) is 3.13. The van der Waals surface area contributed by atoms with Gasteiger partial charge in [0.1, 0.15) is 17.4 Å². The maximum Gasteiger partial charge on any atom is 0.227 e. The van der Waals surface area contributed by atoms with E-state index in [9.17, 15) is 9.18 Å². The van der Waals surface area contributed by atoms with Crippen LogP contribution in [0.1, 0.15) is 38.7 Å². The van der Waals surface area contributed by atoms with Gasteiger partial charge >= 0.3 is 0 Å². The largest absolute Gasteiger partial charge is 0.328 e. The van der Waals surface area contributed by atoms with Gasteiger partial charge in [0.2, 0.25) is 5.91 Å². The number of rotatable bonds is 6. The molecule has 1 rings (SSSR count). The number of halogens is 1. The molecule has 1 amide bonds. The van der Waals surface area contributed by atoms with E-state index in [-0.39, 0.29) is 29.1 Å². The maximum absolute atomic E-state index is 13.4. The van der Waals surface area contributed by atoms with Gasteiger partial charge in [-0.3, -0.25) is 4.79 Å². The standard InChI is InChI=1S/C15H20FN3O/c1-10(5-3-6-11(2)18)15(20)19-14-8-4-7-13(16)12(14)9-17/h4,7-8,10-11H,3,5-6,18H2,1-2H3,(H,19,20). The zero-order chi connectivity index (χ0) is 15.1. The molecule has 0 spiro atoms. The monoisotopic (exact) mass is 277 g/mol. The Labute approximate surface area is 118 Å². The van der Waals surface area contributed by atoms with Crippen LogP contribution in [0.3, 0.4) is 0 Å². The highest BCUT2D eigenvalue weighted by molar-refractivity contribution is 5.93. The highest BCUT2D eigenvalue weighted by Gasteiger charge is 2.16. The highest BCUT2D eigenvalue weighted by atomic mass is 19.1. The molecular weight excluding hydrogens is 257 g/mol. The van der Waals surface area contributed by atoms with Crippen molar-refractivity contribution in [1.29, 1.82) is 5.26 Å². The Bertz CT molecular complexity index is 508. The molecule has 0 fully saturated rings. The molecule has 0 radical (unpaired) electrons. The number of anilines is 1. The number of hydrogen-bond donors (Lipinski definition) is 2. The van der Waals surface area contributed by atoms with Crippen LogP contribution in [0.4, 0.5) is 10.1 Å². The Balaban J connectivity index is 2.62. The van der Waals surface area contributed by atoms with Gasteiger partial charge in [-0.1, -0.05) is 19.4 Å². The van der Waals surface area contributed by atoms with Crippen molar-refractivity contribution in [3.8, 4) is 6.07 Å². The molecule has 20 heavy (non-hydrogen) atoms. The number of nitrogens with one attached hydrogen (secondary N) is 1. The van der Waals surface area contributed by atoms with E-state index in [1.165, 1.54) is 18.2 Å². The third-order valence-electron chi connectivity index (χ3n) is 3.13. The smallest absolute Gasteiger partial charge is 0.227 e. The molecule has 0 heterocycles. The Hall–Kier alpha value is -1.93. The van der Waals surface area contributed by atoms with Crippen LogP contribution < -0.4 is 11.1 Å². The number of carbonyl (C=O) groups excluding carboxylic acids is 1. The molecule has 4 nitrogen and oxygen atoms in total. The van der Waals surface area contributed by atoms with Crippen molar-refractivity contribution < 1.29 is 9.18 Å². The third kappa shape index (κ3) is 4.63. The summed E-state index contributed by atoms with van der Waals surface area (Å²) < 4.78 is 13.4. The second kappa shape index (κ2) is 7.61. The number of benzene rings is 1. The minimum atomic E-state index is -0.630. The van der Waals surface area contributed by atoms with Crippen molar-refractivity contribution in [1.82, 2.24) is 0 Å². The summed E-state index contributed by atoms with van der Waals surface area (Å²) in [6.07, 6.45) is 2.44. The molecule has 0 bridgehead atoms. The number of hydrogen-bond acceptors (Lipinski definition) is 3. The van der Waals surface area contributed by atoms with E-state index < -0.39 is 5.82 Å². The normalized spacial score (nSPS) is 13.3. The minimum absolute atomic E-state index is 0.124. The van der Waals surface area contributed by atoms with E-state index in [4.69, 9.17) is 11.0 Å². The number of nitrogens with two attached hydrogens (primary N) is 1. The van der Waals surface area contributed by atoms with E-state index in [1.54, 1.807) is 6.07 Å². The fraction of sp³-hybridized carbons (Fsp3) is 0.467. The molecule has 1 aromatic rings. The Kier molecular flexibility index (Phi) is 6.13. The van der Waals surface area contributed by atoms with Crippen LogP contribution in [0.2, 0.25) is 0 Å². The highest BCUT2D eigenvalue weighted by Crippen LogP contribution is 2.19. The van der Waals surface area contributed by atoms with Gasteiger partial charge in [-0.15, -0.1) is 0 Å². The lowest BCUT2D eigenvalue weighted by Gasteiger charge is -2.13. The minimum Gasteiger partial charge on any atom is -0.328 e. The van der Waals surface area contributed by atoms with Crippen LogP contribution in [-0.4, -0.2) is 11.9 Å². The van der Waals surface area contributed by atoms with Crippen LogP contribution >= 0.6 is 0 Å². The fourth-order valence-corrected chi connectivity index (χ4v) is 1.87. The fourth-order valence-electron chi connectivity index (χ4n) is 1.87. The summed E-state index contributed by atoms with van der Waals surface area (Å²) in [7, 11) is 0. The van der Waals surface area contributed by atoms with Gasteiger partial charge in [-0.25, -0.2) is 4.39 Å². The summed E-state index contributed by atoms with van der Waals surface area (Å²) in [5.74, 6) is -1.05. The lowest BCUT2D eigenvalue weighted by molar-refractivity contribution is -0.119. The molecule has 0 saturated heterocycles. The first-order valence-corrected chi connectivity index (χ1v) is 6.70. The van der Waals surface area contributed by atoms with E-state index >= 15 is 0 Å². The van der Waals surface area contributed by atoms with Crippen molar-refractivity contribution in [2.75, 3.05) is 5.32 Å². The van der Waals surface area contributed by atoms with Gasteiger partial charge in [-0.05, 0) is 31.9 Å². The average molecular weight is 277 g/mol. The van der Waals surface area contributed by atoms with Crippen LogP contribution in [0.5, 0.6) is 0 Å². The molecule has 5 heteroatoms. The van der Waals surface area contributed by atoms with Gasteiger partial charge in [-0.2, -0.15) is 5.26 Å². The summed E-state index contributed by atoms with van der Waals surface area (Å²) >= 11 is 0. The number of nitriles is 1. The predicted molar refractivity (Wildman–Crippen MR) is 76.4 cm³/mol. The first kappa shape index (κ1) is 16.1. The Morgan fingerprint density at radius 1 is 1.45 bits per heavy atom. The molecule has 3 N–H and O–H groups in total. The second-order valence-electron chi connectivity index (χ2n) is 5.07. The van der Waals surface area contributed by atoms with Crippen molar-refractivity contribution in [3.63, 3.8) is 0 Å². The van der Waals surface area contributed by atoms with E-state index in [0.29, 0.717) is 6.42 Å². The number of carbonyl (C=O) groups is 1. The summed E-state index contributed by atoms with van der Waals surface area (Å²) in [6, 6.07) is 6.07. The van der Waals surface area contributed by atoms with Crippen LogP contribution in [0.25, 0.3) is 0 Å². The summed E-state index contributed by atoms with van der Waals surface area (Å²) in [5, 5.41) is 11.5. The van der Waals surface area contributed by atoms with Crippen molar-refractivity contribution in [3.05, 3.63) is 29.6 Å². The lowest BCUT2D eigenvalue weighted by Crippen LogP contribution is -2.22. The van der Waals surface area contributed by atoms with E-state index in [1.807, 2.05) is 13.8 Å². The zero-order valence-corrected chi connectivity index (χ0v) is 11.8. The summed E-state index contributed by atoms with van der Waals surface area (Å²) in [6.45, 7) is 3.73. The van der Waals surface area contributed by atoms with E-state index in [0.717, 1.165) is 12.8 Å². The SMILES string of the molecule is CC(N)CCCC(C)C(=O)Nc1cccc(F)c1C#N. The summed E-state index contributed by atoms with van der Waals surface area (Å²) in [4.78, 5) is 12.0. The molecule has 0 aromatic heterocycles. The molecule has 108 valence electrons. The molecule has 0 aliphatic heterocycles. The zero-order valence-electron chi connectivity index (χ0n) is 11.8. The predicted octanol–water partition coefficient (Wildman–Crippen LogP) is 2.79. The van der Waals surface area contributed by atoms with E-state index in [2.05, 4.69) is 5.32 Å². The van der Waals surface area contributed by atoms with Gasteiger partial charge < -0.3 is 11.1 Å². The first-order chi connectivity index (χ1) is 9.45. The molecule has 0 aliphatic rings. The van der Waals surface area contributed by atoms with Crippen LogP contribution in [0, 0.1) is 23.1 Å². The van der Waals surface area contributed by atoms with Gasteiger partial charge in [0.05, 0.1) is 5.69 Å². The van der Waals surface area contributed by atoms with Crippen molar-refractivity contribution in [2.45, 2.75) is 39.2 Å². The Morgan fingerprint density at radius 3 is 2.75 bits per heavy atom. The Morgan fingerprint density at radius 2 is 2.15 bits per heavy atom. The molecule has 0 saturated carbocycles. The molecule has 0 aliphatic carbocycles. The molecule has 1 aromatic carbocycles. The lowest BCUT2D eigenvalue weighted by atomic mass is 10.0. The topological polar surface area (TPSA) is 78.9 Å². The average Bonchev–Trinajstić information content (AvgIpc) is 2.38. The first-order valence-electron chi connectivity index (χ1n) is 6.70. The molecule has 2 atom stereocenters. The number of nitrogens with zero attached hydrogens (tertiary/aromatic N) is 1. The number of amides is 1. The van der Waals surface area contributed by atoms with Crippen LogP contribution in [-0.2, 0) is 4.79 Å². The summed E-state index contributed by atoms with van der Waals surface area (Å²) in [5.41, 5.74) is 5.74. The van der Waals surface area contributed by atoms with Crippen molar-refractivity contribution >= 4 is 11.6 Å². The van der Waals surface area contributed by atoms with Gasteiger partial charge in [0.25, 0.3) is 0 Å². The van der Waals surface area contributed by atoms with Crippen LogP contribution in [0.15, 0.2) is 18.2 Å². The molecule has 2 unspecified atom stereocenters. The maximum atomic E-state index is 13.4.